The van der Waals surface area contributed by atoms with Gasteiger partial charge < -0.3 is 10.2 Å². The fraction of sp³-hybridized carbons (Fsp3) is 0.143. The van der Waals surface area contributed by atoms with Crippen LogP contribution in [-0.4, -0.2) is 31.4 Å². The van der Waals surface area contributed by atoms with Crippen molar-refractivity contribution in [1.29, 1.82) is 0 Å². The van der Waals surface area contributed by atoms with Gasteiger partial charge in [0.1, 0.15) is 11.3 Å². The van der Waals surface area contributed by atoms with Crippen molar-refractivity contribution in [3.63, 3.8) is 0 Å². The molecule has 0 aliphatic rings. The maximum atomic E-state index is 12.4. The number of hydrogen-bond donors (Lipinski definition) is 4. The van der Waals surface area contributed by atoms with Crippen LogP contribution in [0, 0.1) is 0 Å². The Labute approximate surface area is 171 Å². The molecule has 0 aliphatic heterocycles. The van der Waals surface area contributed by atoms with Crippen molar-refractivity contribution >= 4 is 11.6 Å². The summed E-state index contributed by atoms with van der Waals surface area (Å²) >= 11 is 0. The molecule has 0 fully saturated rings. The van der Waals surface area contributed by atoms with Crippen LogP contribution in [0.25, 0.3) is 0 Å². The number of aromatic hydroxyl groups is 2. The molecule has 30 heavy (non-hydrogen) atoms. The van der Waals surface area contributed by atoms with Crippen LogP contribution in [0.4, 0.5) is 0 Å². The lowest BCUT2D eigenvalue weighted by Crippen LogP contribution is -2.34. The number of phenols is 1. The SMILES string of the molecule is CC/C(=N\NC(=O)c1ccccc1O)c1c(O)n(Cc2ccccc2)c(=O)[nH]c1=O. The van der Waals surface area contributed by atoms with Gasteiger partial charge in [-0.25, -0.2) is 10.2 Å². The summed E-state index contributed by atoms with van der Waals surface area (Å²) in [5, 5.41) is 24.4. The van der Waals surface area contributed by atoms with Gasteiger partial charge in [0, 0.05) is 0 Å². The van der Waals surface area contributed by atoms with E-state index in [-0.39, 0.29) is 35.6 Å². The van der Waals surface area contributed by atoms with Crippen LogP contribution in [-0.2, 0) is 6.54 Å². The first-order valence-electron chi connectivity index (χ1n) is 9.17. The molecule has 154 valence electrons. The number of nitrogens with zero attached hydrogens (tertiary/aromatic N) is 2. The van der Waals surface area contributed by atoms with E-state index in [1.807, 2.05) is 6.07 Å². The molecule has 0 aliphatic carbocycles. The van der Waals surface area contributed by atoms with Gasteiger partial charge in [-0.2, -0.15) is 5.10 Å². The third-order valence-corrected chi connectivity index (χ3v) is 4.42. The highest BCUT2D eigenvalue weighted by molar-refractivity contribution is 6.03. The van der Waals surface area contributed by atoms with E-state index in [0.29, 0.717) is 0 Å². The van der Waals surface area contributed by atoms with Gasteiger partial charge in [0.25, 0.3) is 11.5 Å². The molecule has 3 rings (SSSR count). The Hall–Kier alpha value is -4.14. The maximum Gasteiger partial charge on any atom is 0.331 e. The second kappa shape index (κ2) is 8.91. The Balaban J connectivity index is 1.98. The molecule has 2 aromatic carbocycles. The number of H-pyrrole nitrogens is 1. The van der Waals surface area contributed by atoms with Crippen LogP contribution < -0.4 is 16.7 Å². The molecule has 0 unspecified atom stereocenters. The molecule has 0 bridgehead atoms. The minimum atomic E-state index is -0.820. The predicted molar refractivity (Wildman–Crippen MR) is 111 cm³/mol. The van der Waals surface area contributed by atoms with E-state index in [1.54, 1.807) is 43.3 Å². The Bertz CT molecular complexity index is 1210. The lowest BCUT2D eigenvalue weighted by Gasteiger charge is -2.12. The summed E-state index contributed by atoms with van der Waals surface area (Å²) < 4.78 is 1.02. The molecular weight excluding hydrogens is 388 g/mol. The van der Waals surface area contributed by atoms with Gasteiger partial charge >= 0.3 is 5.69 Å². The van der Waals surface area contributed by atoms with E-state index in [1.165, 1.54) is 12.1 Å². The van der Waals surface area contributed by atoms with Crippen LogP contribution in [0.3, 0.4) is 0 Å². The van der Waals surface area contributed by atoms with Crippen molar-refractivity contribution in [3.05, 3.63) is 92.1 Å². The largest absolute Gasteiger partial charge is 0.507 e. The average molecular weight is 408 g/mol. The first-order chi connectivity index (χ1) is 14.4. The molecule has 0 radical (unpaired) electrons. The first-order valence-corrected chi connectivity index (χ1v) is 9.17. The molecule has 1 heterocycles. The maximum absolute atomic E-state index is 12.4. The van der Waals surface area contributed by atoms with Crippen LogP contribution >= 0.6 is 0 Å². The van der Waals surface area contributed by atoms with E-state index >= 15 is 0 Å². The van der Waals surface area contributed by atoms with Crippen LogP contribution in [0.2, 0.25) is 0 Å². The van der Waals surface area contributed by atoms with E-state index < -0.39 is 23.0 Å². The third-order valence-electron chi connectivity index (χ3n) is 4.42. The molecule has 0 saturated carbocycles. The number of carbonyl (C=O) groups excluding carboxylic acids is 1. The van der Waals surface area contributed by atoms with Crippen molar-refractivity contribution in [1.82, 2.24) is 15.0 Å². The normalized spacial score (nSPS) is 11.3. The first kappa shape index (κ1) is 20.6. The fourth-order valence-corrected chi connectivity index (χ4v) is 2.89. The molecule has 1 amide bonds. The van der Waals surface area contributed by atoms with E-state index in [0.717, 1.165) is 10.1 Å². The number of aromatic nitrogens is 2. The van der Waals surface area contributed by atoms with Crippen molar-refractivity contribution < 1.29 is 15.0 Å². The van der Waals surface area contributed by atoms with Crippen LogP contribution in [0.15, 0.2) is 69.3 Å². The highest BCUT2D eigenvalue weighted by atomic mass is 16.3. The Morgan fingerprint density at radius 1 is 1.07 bits per heavy atom. The summed E-state index contributed by atoms with van der Waals surface area (Å²) in [6.07, 6.45) is 0.182. The summed E-state index contributed by atoms with van der Waals surface area (Å²) in [7, 11) is 0. The van der Waals surface area contributed by atoms with Crippen molar-refractivity contribution in [2.24, 2.45) is 5.10 Å². The zero-order valence-corrected chi connectivity index (χ0v) is 16.1. The average Bonchev–Trinajstić information content (AvgIpc) is 2.74. The summed E-state index contributed by atoms with van der Waals surface area (Å²) in [5.41, 5.74) is 1.28. The minimum Gasteiger partial charge on any atom is -0.507 e. The van der Waals surface area contributed by atoms with Gasteiger partial charge in [-0.1, -0.05) is 49.4 Å². The number of nitrogens with one attached hydrogen (secondary N) is 2. The minimum absolute atomic E-state index is 0.00359. The summed E-state index contributed by atoms with van der Waals surface area (Å²) in [6, 6.07) is 14.9. The smallest absolute Gasteiger partial charge is 0.331 e. The van der Waals surface area contributed by atoms with Gasteiger partial charge in [0.2, 0.25) is 5.88 Å². The van der Waals surface area contributed by atoms with E-state index in [9.17, 15) is 24.6 Å². The predicted octanol–water partition coefficient (Wildman–Crippen LogP) is 1.54. The number of amides is 1. The molecule has 1 aromatic heterocycles. The van der Waals surface area contributed by atoms with Gasteiger partial charge in [-0.15, -0.1) is 0 Å². The van der Waals surface area contributed by atoms with Crippen LogP contribution in [0.5, 0.6) is 11.6 Å². The van der Waals surface area contributed by atoms with Crippen molar-refractivity contribution in [2.75, 3.05) is 0 Å². The molecule has 0 atom stereocenters. The topological polar surface area (TPSA) is 137 Å². The van der Waals surface area contributed by atoms with Gasteiger partial charge in [-0.05, 0) is 24.1 Å². The van der Waals surface area contributed by atoms with Crippen molar-refractivity contribution in [3.8, 4) is 11.6 Å². The molecule has 3 aromatic rings. The van der Waals surface area contributed by atoms with E-state index in [2.05, 4.69) is 15.5 Å². The Morgan fingerprint density at radius 2 is 1.73 bits per heavy atom. The molecule has 9 heteroatoms. The second-order valence-corrected chi connectivity index (χ2v) is 6.40. The molecule has 0 spiro atoms. The number of hydrazone groups is 1. The summed E-state index contributed by atoms with van der Waals surface area (Å²) in [5.74, 6) is -1.46. The number of aromatic amines is 1. The quantitative estimate of drug-likeness (QED) is 0.362. The molecule has 0 saturated heterocycles. The van der Waals surface area contributed by atoms with Gasteiger partial charge in [-0.3, -0.25) is 19.1 Å². The van der Waals surface area contributed by atoms with E-state index in [4.69, 9.17) is 0 Å². The lowest BCUT2D eigenvalue weighted by atomic mass is 10.1. The summed E-state index contributed by atoms with van der Waals surface area (Å²) in [6.45, 7) is 1.72. The third kappa shape index (κ3) is 4.30. The highest BCUT2D eigenvalue weighted by Gasteiger charge is 2.19. The number of hydrogen-bond acceptors (Lipinski definition) is 6. The second-order valence-electron chi connectivity index (χ2n) is 6.40. The molecule has 9 nitrogen and oxygen atoms in total. The van der Waals surface area contributed by atoms with Crippen LogP contribution in [0.1, 0.15) is 34.8 Å². The van der Waals surface area contributed by atoms with Crippen molar-refractivity contribution in [2.45, 2.75) is 19.9 Å². The van der Waals surface area contributed by atoms with Gasteiger partial charge in [0.05, 0.1) is 17.8 Å². The molecule has 4 N–H and O–H groups in total. The number of carbonyl (C=O) groups is 1. The number of phenolic OH excluding ortho intramolecular Hbond substituents is 1. The number of benzene rings is 2. The standard InChI is InChI=1S/C21H20N4O5/c1-2-15(23-24-18(27)14-10-6-7-11-16(14)26)17-19(28)22-21(30)25(20(17)29)12-13-8-4-3-5-9-13/h3-11,26,29H,2,12H2,1H3,(H,24,27)(H,22,28,30)/b23-15+. The highest BCUT2D eigenvalue weighted by Crippen LogP contribution is 2.17. The fourth-order valence-electron chi connectivity index (χ4n) is 2.89. The zero-order valence-electron chi connectivity index (χ0n) is 16.1. The van der Waals surface area contributed by atoms with Gasteiger partial charge in [0.15, 0.2) is 0 Å². The monoisotopic (exact) mass is 408 g/mol. The Kier molecular flexibility index (Phi) is 6.11. The zero-order chi connectivity index (χ0) is 21.7. The Morgan fingerprint density at radius 3 is 2.40 bits per heavy atom. The molecular formula is C21H20N4O5. The number of para-hydroxylation sites is 1. The lowest BCUT2D eigenvalue weighted by molar-refractivity contribution is 0.0952. The number of rotatable bonds is 6. The summed E-state index contributed by atoms with van der Waals surface area (Å²) in [4.78, 5) is 39.0.